The number of benzene rings is 2. The normalized spacial score (nSPS) is 11.1. The Hall–Kier alpha value is -3.10. The fourth-order valence-corrected chi connectivity index (χ4v) is 2.44. The van der Waals surface area contributed by atoms with Gasteiger partial charge in [0.05, 0.1) is 0 Å². The van der Waals surface area contributed by atoms with Gasteiger partial charge in [0.15, 0.2) is 0 Å². The van der Waals surface area contributed by atoms with Crippen LogP contribution < -0.4 is 16.4 Å². The molecule has 2 aromatic rings. The van der Waals surface area contributed by atoms with Crippen molar-refractivity contribution >= 4 is 11.6 Å². The van der Waals surface area contributed by atoms with Gasteiger partial charge >= 0.3 is 0 Å². The van der Waals surface area contributed by atoms with Gasteiger partial charge in [-0.25, -0.2) is 0 Å². The fourth-order valence-electron chi connectivity index (χ4n) is 2.44. The summed E-state index contributed by atoms with van der Waals surface area (Å²) >= 11 is 0. The molecule has 0 aliphatic heterocycles. The minimum atomic E-state index is -0.437. The smallest absolute Gasteiger partial charge is 0.267 e. The van der Waals surface area contributed by atoms with Crippen molar-refractivity contribution in [1.82, 2.24) is 5.32 Å². The molecule has 5 nitrogen and oxygen atoms in total. The average molecular weight is 348 g/mol. The van der Waals surface area contributed by atoms with Crippen molar-refractivity contribution in [2.75, 3.05) is 5.32 Å². The molecular weight excluding hydrogens is 324 g/mol. The van der Waals surface area contributed by atoms with E-state index in [1.807, 2.05) is 54.6 Å². The van der Waals surface area contributed by atoms with Gasteiger partial charge in [-0.1, -0.05) is 50.2 Å². The van der Waals surface area contributed by atoms with E-state index < -0.39 is 5.91 Å². The van der Waals surface area contributed by atoms with Crippen LogP contribution >= 0.6 is 0 Å². The Balaban J connectivity index is 1.96. The van der Waals surface area contributed by atoms with E-state index in [2.05, 4.69) is 24.5 Å². The molecule has 0 spiro atoms. The van der Waals surface area contributed by atoms with Crippen LogP contribution in [0, 0.1) is 11.3 Å². The number of anilines is 1. The van der Waals surface area contributed by atoms with Crippen molar-refractivity contribution in [1.29, 1.82) is 5.26 Å². The van der Waals surface area contributed by atoms with Crippen LogP contribution in [0.5, 0.6) is 0 Å². The molecule has 134 valence electrons. The number of carbonyl (C=O) groups is 1. The Morgan fingerprint density at radius 3 is 2.50 bits per heavy atom. The first-order valence-corrected chi connectivity index (χ1v) is 8.56. The zero-order chi connectivity index (χ0) is 18.9. The van der Waals surface area contributed by atoms with Crippen LogP contribution in [0.15, 0.2) is 60.3 Å². The van der Waals surface area contributed by atoms with Crippen LogP contribution in [0.2, 0.25) is 0 Å². The molecular formula is C21H24N4O. The molecule has 0 radical (unpaired) electrons. The molecule has 0 aliphatic rings. The number of nitriles is 1. The summed E-state index contributed by atoms with van der Waals surface area (Å²) in [5, 5.41) is 15.0. The molecule has 5 heteroatoms. The second-order valence-electron chi connectivity index (χ2n) is 6.31. The van der Waals surface area contributed by atoms with Gasteiger partial charge in [0.2, 0.25) is 0 Å². The lowest BCUT2D eigenvalue weighted by Gasteiger charge is -2.08. The van der Waals surface area contributed by atoms with E-state index in [0.29, 0.717) is 24.7 Å². The zero-order valence-electron chi connectivity index (χ0n) is 15.1. The first kappa shape index (κ1) is 19.2. The Morgan fingerprint density at radius 1 is 1.19 bits per heavy atom. The van der Waals surface area contributed by atoms with Gasteiger partial charge in [-0.3, -0.25) is 4.79 Å². The quantitative estimate of drug-likeness (QED) is 0.528. The zero-order valence-corrected chi connectivity index (χ0v) is 15.1. The minimum absolute atomic E-state index is 0.0212. The van der Waals surface area contributed by atoms with Crippen molar-refractivity contribution in [3.05, 3.63) is 77.0 Å². The van der Waals surface area contributed by atoms with Crippen molar-refractivity contribution in [2.45, 2.75) is 32.9 Å². The number of nitrogens with two attached hydrogens (primary N) is 1. The summed E-state index contributed by atoms with van der Waals surface area (Å²) in [5.41, 5.74) is 9.58. The van der Waals surface area contributed by atoms with Crippen LogP contribution in [0.3, 0.4) is 0 Å². The van der Waals surface area contributed by atoms with Crippen LogP contribution in [-0.4, -0.2) is 5.91 Å². The van der Waals surface area contributed by atoms with Crippen LogP contribution in [0.4, 0.5) is 5.69 Å². The molecule has 26 heavy (non-hydrogen) atoms. The highest BCUT2D eigenvalue weighted by Gasteiger charge is 2.09. The third kappa shape index (κ3) is 5.47. The first-order chi connectivity index (χ1) is 12.5. The maximum atomic E-state index is 12.2. The van der Waals surface area contributed by atoms with Crippen molar-refractivity contribution < 1.29 is 4.79 Å². The molecule has 0 aliphatic carbocycles. The second kappa shape index (κ2) is 9.40. The molecule has 1 amide bonds. The number of nitrogens with zero attached hydrogens (tertiary/aromatic N) is 1. The SMILES string of the molecule is CC(C)c1ccc(NC(=O)/C(C#N)=C\NCc2cccc(CN)c2)cc1. The highest BCUT2D eigenvalue weighted by atomic mass is 16.1. The van der Waals surface area contributed by atoms with Gasteiger partial charge in [-0.15, -0.1) is 0 Å². The Labute approximate surface area is 154 Å². The molecule has 0 fully saturated rings. The molecule has 0 atom stereocenters. The maximum absolute atomic E-state index is 12.2. The molecule has 2 rings (SSSR count). The molecule has 0 heterocycles. The van der Waals surface area contributed by atoms with E-state index in [9.17, 15) is 10.1 Å². The van der Waals surface area contributed by atoms with Crippen LogP contribution in [0.1, 0.15) is 36.5 Å². The summed E-state index contributed by atoms with van der Waals surface area (Å²) in [5.74, 6) is -0.00991. The standard InChI is InChI=1S/C21H24N4O/c1-15(2)18-6-8-20(9-7-18)25-21(26)19(12-23)14-24-13-17-5-3-4-16(10-17)11-22/h3-10,14-15,24H,11,13,22H2,1-2H3,(H,25,26)/b19-14-. The third-order valence-corrected chi connectivity index (χ3v) is 3.98. The van der Waals surface area contributed by atoms with Crippen LogP contribution in [0.25, 0.3) is 0 Å². The summed E-state index contributed by atoms with van der Waals surface area (Å²) in [6, 6.07) is 17.4. The molecule has 2 aromatic carbocycles. The Morgan fingerprint density at radius 2 is 1.88 bits per heavy atom. The number of hydrogen-bond acceptors (Lipinski definition) is 4. The number of rotatable bonds is 7. The second-order valence-corrected chi connectivity index (χ2v) is 6.31. The fraction of sp³-hybridized carbons (Fsp3) is 0.238. The van der Waals surface area contributed by atoms with E-state index in [-0.39, 0.29) is 5.57 Å². The predicted octanol–water partition coefficient (Wildman–Crippen LogP) is 3.40. The monoisotopic (exact) mass is 348 g/mol. The number of hydrogen-bond donors (Lipinski definition) is 3. The highest BCUT2D eigenvalue weighted by molar-refractivity contribution is 6.06. The van der Waals surface area contributed by atoms with E-state index >= 15 is 0 Å². The first-order valence-electron chi connectivity index (χ1n) is 8.56. The molecule has 0 saturated heterocycles. The van der Waals surface area contributed by atoms with Gasteiger partial charge in [0, 0.05) is 25.0 Å². The maximum Gasteiger partial charge on any atom is 0.267 e. The Bertz CT molecular complexity index is 817. The van der Waals surface area contributed by atoms with Crippen molar-refractivity contribution in [3.63, 3.8) is 0 Å². The van der Waals surface area contributed by atoms with Gasteiger partial charge in [0.25, 0.3) is 5.91 Å². The number of amides is 1. The van der Waals surface area contributed by atoms with Crippen LogP contribution in [-0.2, 0) is 17.9 Å². The topological polar surface area (TPSA) is 90.9 Å². The van der Waals surface area contributed by atoms with E-state index in [0.717, 1.165) is 11.1 Å². The minimum Gasteiger partial charge on any atom is -0.386 e. The van der Waals surface area contributed by atoms with Gasteiger partial charge in [0.1, 0.15) is 11.6 Å². The Kier molecular flexibility index (Phi) is 6.95. The third-order valence-electron chi connectivity index (χ3n) is 3.98. The lowest BCUT2D eigenvalue weighted by atomic mass is 10.0. The summed E-state index contributed by atoms with van der Waals surface area (Å²) < 4.78 is 0. The molecule has 0 saturated carbocycles. The summed E-state index contributed by atoms with van der Waals surface area (Å²) in [4.78, 5) is 12.2. The molecule has 4 N–H and O–H groups in total. The molecule has 0 unspecified atom stereocenters. The summed E-state index contributed by atoms with van der Waals surface area (Å²) in [6.07, 6.45) is 1.44. The molecule has 0 aromatic heterocycles. The number of carbonyl (C=O) groups excluding carboxylic acids is 1. The largest absolute Gasteiger partial charge is 0.386 e. The summed E-state index contributed by atoms with van der Waals surface area (Å²) in [7, 11) is 0. The number of nitrogens with one attached hydrogen (secondary N) is 2. The van der Waals surface area contributed by atoms with Gasteiger partial charge in [-0.2, -0.15) is 5.26 Å². The predicted molar refractivity (Wildman–Crippen MR) is 104 cm³/mol. The van der Waals surface area contributed by atoms with Gasteiger partial charge in [-0.05, 0) is 34.7 Å². The van der Waals surface area contributed by atoms with Gasteiger partial charge < -0.3 is 16.4 Å². The average Bonchev–Trinajstić information content (AvgIpc) is 2.65. The molecule has 0 bridgehead atoms. The lowest BCUT2D eigenvalue weighted by Crippen LogP contribution is -2.16. The lowest BCUT2D eigenvalue weighted by molar-refractivity contribution is -0.112. The highest BCUT2D eigenvalue weighted by Crippen LogP contribution is 2.17. The van der Waals surface area contributed by atoms with Crippen molar-refractivity contribution in [3.8, 4) is 6.07 Å². The van der Waals surface area contributed by atoms with E-state index in [1.165, 1.54) is 11.8 Å². The summed E-state index contributed by atoms with van der Waals surface area (Å²) in [6.45, 7) is 5.21. The van der Waals surface area contributed by atoms with E-state index in [1.54, 1.807) is 0 Å². The van der Waals surface area contributed by atoms with E-state index in [4.69, 9.17) is 5.73 Å². The van der Waals surface area contributed by atoms with Crippen molar-refractivity contribution in [2.24, 2.45) is 5.73 Å².